The summed E-state index contributed by atoms with van der Waals surface area (Å²) in [5, 5.41) is 14.9. The Morgan fingerprint density at radius 2 is 1.28 bits per heavy atom. The molecule has 5 atom stereocenters. The summed E-state index contributed by atoms with van der Waals surface area (Å²) in [5.41, 5.74) is 6.32. The number of hydrogen-bond donors (Lipinski definition) is 5. The first-order valence-corrected chi connectivity index (χ1v) is 18.2. The van der Waals surface area contributed by atoms with Crippen LogP contribution in [0.3, 0.4) is 0 Å². The second kappa shape index (κ2) is 14.7. The Morgan fingerprint density at radius 1 is 0.755 bits per heavy atom. The second-order valence-electron chi connectivity index (χ2n) is 14.0. The predicted octanol–water partition coefficient (Wildman–Crippen LogP) is 6.17. The Bertz CT molecular complexity index is 2080. The van der Waals surface area contributed by atoms with Crippen LogP contribution in [-0.4, -0.2) is 84.6 Å². The summed E-state index contributed by atoms with van der Waals surface area (Å²) in [7, 11) is 0. The molecule has 3 aliphatic rings. The van der Waals surface area contributed by atoms with Gasteiger partial charge in [-0.2, -0.15) is 0 Å². The highest BCUT2D eigenvalue weighted by molar-refractivity contribution is 5.87. The molecule has 8 rings (SSSR count). The maximum atomic E-state index is 13.7. The minimum atomic E-state index is -1.26. The van der Waals surface area contributed by atoms with E-state index in [1.807, 2.05) is 35.2 Å². The van der Waals surface area contributed by atoms with Crippen molar-refractivity contribution < 1.29 is 23.9 Å². The van der Waals surface area contributed by atoms with Gasteiger partial charge in [-0.25, -0.2) is 19.2 Å². The predicted molar refractivity (Wildman–Crippen MR) is 196 cm³/mol. The molecule has 3 saturated heterocycles. The zero-order valence-electron chi connectivity index (χ0n) is 29.0. The normalized spacial score (nSPS) is 21.9. The minimum Gasteiger partial charge on any atom is -0.465 e. The summed E-state index contributed by atoms with van der Waals surface area (Å²) in [6.45, 7) is 1.39. The highest BCUT2D eigenvalue weighted by Crippen LogP contribution is 2.36. The van der Waals surface area contributed by atoms with Gasteiger partial charge in [-0.1, -0.05) is 78.9 Å². The van der Waals surface area contributed by atoms with Gasteiger partial charge in [0, 0.05) is 26.1 Å². The third kappa shape index (κ3) is 7.04. The van der Waals surface area contributed by atoms with Crippen LogP contribution in [0.1, 0.15) is 67.4 Å². The fourth-order valence-electron chi connectivity index (χ4n) is 7.92. The van der Waals surface area contributed by atoms with E-state index >= 15 is 0 Å². The SMILES string of the molecule is O=C(O)N[C@@H](C(=O)N1CCCC1c1ncc(-c2ccc(-c3ccc(-c4cnc([C@@H]5CCCN5C(=O)[C@H]5C[C@H](F)CN5)[nH]4)cc3)cc2)[nH]1)c1ccccc1. The highest BCUT2D eigenvalue weighted by Gasteiger charge is 2.39. The molecule has 5 N–H and O–H groups in total. The third-order valence-corrected chi connectivity index (χ3v) is 10.6. The third-order valence-electron chi connectivity index (χ3n) is 10.6. The first-order valence-electron chi connectivity index (χ1n) is 18.2. The summed E-state index contributed by atoms with van der Waals surface area (Å²) >= 11 is 0. The average Bonchev–Trinajstić information content (AvgIpc) is 4.03. The van der Waals surface area contributed by atoms with Crippen LogP contribution in [0.25, 0.3) is 33.6 Å². The van der Waals surface area contributed by atoms with Crippen molar-refractivity contribution in [2.75, 3.05) is 19.6 Å². The molecular weight excluding hydrogens is 675 g/mol. The van der Waals surface area contributed by atoms with Crippen molar-refractivity contribution in [3.05, 3.63) is 108 Å². The van der Waals surface area contributed by atoms with E-state index in [-0.39, 0.29) is 36.9 Å². The Balaban J connectivity index is 0.925. The molecule has 53 heavy (non-hydrogen) atoms. The van der Waals surface area contributed by atoms with Crippen LogP contribution in [0.4, 0.5) is 9.18 Å². The van der Waals surface area contributed by atoms with Gasteiger partial charge in [0.1, 0.15) is 23.9 Å². The van der Waals surface area contributed by atoms with Gasteiger partial charge >= 0.3 is 6.09 Å². The first-order chi connectivity index (χ1) is 25.8. The van der Waals surface area contributed by atoms with E-state index in [0.717, 1.165) is 65.1 Å². The fourth-order valence-corrected chi connectivity index (χ4v) is 7.92. The highest BCUT2D eigenvalue weighted by atomic mass is 19.1. The number of halogens is 1. The van der Waals surface area contributed by atoms with Crippen molar-refractivity contribution in [1.29, 1.82) is 0 Å². The summed E-state index contributed by atoms with van der Waals surface area (Å²) in [4.78, 5) is 58.1. The molecule has 5 heterocycles. The zero-order valence-corrected chi connectivity index (χ0v) is 29.0. The number of carboxylic acid groups (broad SMARTS) is 1. The lowest BCUT2D eigenvalue weighted by molar-refractivity contribution is -0.135. The minimum absolute atomic E-state index is 0.0501. The molecule has 0 radical (unpaired) electrons. The number of imidazole rings is 2. The smallest absolute Gasteiger partial charge is 0.405 e. The number of alkyl halides is 1. The quantitative estimate of drug-likeness (QED) is 0.122. The van der Waals surface area contributed by atoms with Crippen LogP contribution < -0.4 is 10.6 Å². The van der Waals surface area contributed by atoms with Gasteiger partial charge in [0.05, 0.1) is 41.9 Å². The van der Waals surface area contributed by atoms with Gasteiger partial charge in [0.25, 0.3) is 5.91 Å². The molecule has 0 aliphatic carbocycles. The number of rotatable bonds is 9. The number of aromatic amines is 2. The number of hydrogen-bond acceptors (Lipinski definition) is 6. The van der Waals surface area contributed by atoms with Gasteiger partial charge in [0.15, 0.2) is 0 Å². The molecule has 12 nitrogen and oxygen atoms in total. The molecule has 3 aliphatic heterocycles. The molecule has 3 aromatic carbocycles. The first kappa shape index (κ1) is 34.3. The summed E-state index contributed by atoms with van der Waals surface area (Å²) < 4.78 is 13.7. The van der Waals surface area contributed by atoms with Crippen LogP contribution in [-0.2, 0) is 9.59 Å². The van der Waals surface area contributed by atoms with Crippen LogP contribution in [0.5, 0.6) is 0 Å². The second-order valence-corrected chi connectivity index (χ2v) is 14.0. The van der Waals surface area contributed by atoms with E-state index in [1.165, 1.54) is 0 Å². The van der Waals surface area contributed by atoms with E-state index in [2.05, 4.69) is 54.8 Å². The molecule has 0 bridgehead atoms. The summed E-state index contributed by atoms with van der Waals surface area (Å²) in [6.07, 6.45) is 4.78. The van der Waals surface area contributed by atoms with Crippen molar-refractivity contribution >= 4 is 17.9 Å². The Labute approximate surface area is 305 Å². The van der Waals surface area contributed by atoms with Gasteiger partial charge in [0.2, 0.25) is 5.91 Å². The number of likely N-dealkylation sites (tertiary alicyclic amines) is 2. The van der Waals surface area contributed by atoms with E-state index in [9.17, 15) is 23.9 Å². The molecule has 0 saturated carbocycles. The Hall–Kier alpha value is -5.82. The van der Waals surface area contributed by atoms with Crippen molar-refractivity contribution in [2.24, 2.45) is 0 Å². The van der Waals surface area contributed by atoms with Crippen LogP contribution in [0.2, 0.25) is 0 Å². The fraction of sp³-hybridized carbons (Fsp3) is 0.325. The number of nitrogens with one attached hydrogen (secondary N) is 4. The van der Waals surface area contributed by atoms with Gasteiger partial charge in [-0.15, -0.1) is 0 Å². The van der Waals surface area contributed by atoms with Gasteiger partial charge < -0.3 is 35.5 Å². The van der Waals surface area contributed by atoms with Crippen molar-refractivity contribution in [2.45, 2.75) is 62.4 Å². The van der Waals surface area contributed by atoms with E-state index in [4.69, 9.17) is 0 Å². The van der Waals surface area contributed by atoms with Crippen LogP contribution in [0.15, 0.2) is 91.3 Å². The Morgan fingerprint density at radius 3 is 1.81 bits per heavy atom. The largest absolute Gasteiger partial charge is 0.465 e. The maximum Gasteiger partial charge on any atom is 0.405 e. The molecule has 5 aromatic rings. The lowest BCUT2D eigenvalue weighted by Crippen LogP contribution is -2.43. The number of amides is 3. The Kier molecular flexibility index (Phi) is 9.48. The number of aromatic nitrogens is 4. The van der Waals surface area contributed by atoms with Crippen molar-refractivity contribution in [3.8, 4) is 33.6 Å². The molecule has 13 heteroatoms. The molecule has 3 amide bonds. The zero-order chi connectivity index (χ0) is 36.5. The van der Waals surface area contributed by atoms with E-state index in [0.29, 0.717) is 24.5 Å². The summed E-state index contributed by atoms with van der Waals surface area (Å²) in [6, 6.07) is 23.4. The van der Waals surface area contributed by atoms with Gasteiger partial charge in [-0.05, 0) is 53.5 Å². The molecular formula is C40H41FN8O4. The molecule has 0 spiro atoms. The standard InChI is InChI=1S/C40H41FN8O4/c41-29-20-30(42-21-29)38(50)48-18-4-8-33(48)36-43-22-31(45-36)26-14-10-24(11-15-26)25-12-16-27(17-13-25)32-23-44-37(46-32)34-9-5-19-49(34)39(51)35(47-40(52)53)28-6-2-1-3-7-28/h1-3,6-7,10-17,22-23,29-30,33-35,42,47H,4-5,8-9,18-21H2,(H,43,45)(H,44,46)(H,52,53)/t29-,30+,33-,34?,35+/m0/s1. The number of H-pyrrole nitrogens is 2. The number of carbonyl (C=O) groups is 3. The molecule has 1 unspecified atom stereocenters. The maximum absolute atomic E-state index is 13.7. The summed E-state index contributed by atoms with van der Waals surface area (Å²) in [5.74, 6) is 1.07. The van der Waals surface area contributed by atoms with Crippen LogP contribution >= 0.6 is 0 Å². The van der Waals surface area contributed by atoms with Crippen LogP contribution in [0, 0.1) is 0 Å². The number of benzene rings is 3. The lowest BCUT2D eigenvalue weighted by Gasteiger charge is -2.28. The average molecular weight is 717 g/mol. The number of carbonyl (C=O) groups excluding carboxylic acids is 2. The molecule has 3 fully saturated rings. The topological polar surface area (TPSA) is 159 Å². The van der Waals surface area contributed by atoms with E-state index < -0.39 is 24.3 Å². The molecule has 272 valence electrons. The lowest BCUT2D eigenvalue weighted by atomic mass is 10.0. The number of nitrogens with zero attached hydrogens (tertiary/aromatic N) is 4. The van der Waals surface area contributed by atoms with Crippen molar-refractivity contribution in [1.82, 2.24) is 40.4 Å². The van der Waals surface area contributed by atoms with Gasteiger partial charge in [-0.3, -0.25) is 9.59 Å². The monoisotopic (exact) mass is 716 g/mol. The van der Waals surface area contributed by atoms with E-state index in [1.54, 1.807) is 41.6 Å². The van der Waals surface area contributed by atoms with Crippen molar-refractivity contribution in [3.63, 3.8) is 0 Å². The molecule has 2 aromatic heterocycles.